The SMILES string of the molecule is C[C@]1(Cc2ccc3c(c2)OCO3)NC(=O)N(CC(=O)N2c3ccccc3OC[C@H]2c2ccccc2)C1=O. The highest BCUT2D eigenvalue weighted by molar-refractivity contribution is 6.10. The summed E-state index contributed by atoms with van der Waals surface area (Å²) >= 11 is 0. The largest absolute Gasteiger partial charge is 0.489 e. The first-order chi connectivity index (χ1) is 17.9. The van der Waals surface area contributed by atoms with Crippen molar-refractivity contribution < 1.29 is 28.6 Å². The normalized spacial score (nSPS) is 21.9. The first-order valence-corrected chi connectivity index (χ1v) is 12.0. The van der Waals surface area contributed by atoms with Crippen LogP contribution in [0.15, 0.2) is 72.8 Å². The van der Waals surface area contributed by atoms with Crippen molar-refractivity contribution in [3.05, 3.63) is 83.9 Å². The van der Waals surface area contributed by atoms with E-state index in [-0.39, 0.29) is 32.3 Å². The third-order valence-electron chi connectivity index (χ3n) is 6.92. The van der Waals surface area contributed by atoms with Crippen LogP contribution in [0.1, 0.15) is 24.1 Å². The van der Waals surface area contributed by atoms with Crippen molar-refractivity contribution >= 4 is 23.5 Å². The molecule has 0 spiro atoms. The fourth-order valence-electron chi connectivity index (χ4n) is 5.10. The quantitative estimate of drug-likeness (QED) is 0.541. The maximum absolute atomic E-state index is 13.8. The lowest BCUT2D eigenvalue weighted by Gasteiger charge is -2.37. The maximum Gasteiger partial charge on any atom is 0.325 e. The summed E-state index contributed by atoms with van der Waals surface area (Å²) in [6.45, 7) is 1.68. The van der Waals surface area contributed by atoms with Crippen molar-refractivity contribution in [2.45, 2.75) is 24.9 Å². The molecule has 6 rings (SSSR count). The van der Waals surface area contributed by atoms with Gasteiger partial charge >= 0.3 is 6.03 Å². The monoisotopic (exact) mass is 499 g/mol. The summed E-state index contributed by atoms with van der Waals surface area (Å²) in [7, 11) is 0. The standard InChI is InChI=1S/C28H25N3O6/c1-28(14-18-11-12-23-24(13-18)37-17-36-23)26(33)30(27(34)29-28)15-25(32)31-20-9-5-6-10-22(20)35-16-21(31)19-7-3-2-4-8-19/h2-13,21H,14-17H2,1H3,(H,29,34)/t21-,28+/m0/s1. The van der Waals surface area contributed by atoms with Crippen molar-refractivity contribution in [2.24, 2.45) is 0 Å². The van der Waals surface area contributed by atoms with Gasteiger partial charge in [0.1, 0.15) is 24.4 Å². The summed E-state index contributed by atoms with van der Waals surface area (Å²) in [5, 5.41) is 2.79. The minimum Gasteiger partial charge on any atom is -0.489 e. The number of urea groups is 1. The Bertz CT molecular complexity index is 1390. The molecule has 1 fully saturated rings. The van der Waals surface area contributed by atoms with E-state index in [0.717, 1.165) is 16.0 Å². The summed E-state index contributed by atoms with van der Waals surface area (Å²) in [6.07, 6.45) is 0.242. The highest BCUT2D eigenvalue weighted by atomic mass is 16.7. The molecule has 4 amide bonds. The lowest BCUT2D eigenvalue weighted by atomic mass is 9.92. The van der Waals surface area contributed by atoms with E-state index < -0.39 is 23.5 Å². The van der Waals surface area contributed by atoms with E-state index in [9.17, 15) is 14.4 Å². The maximum atomic E-state index is 13.8. The van der Waals surface area contributed by atoms with Gasteiger partial charge in [-0.1, -0.05) is 48.5 Å². The van der Waals surface area contributed by atoms with Crippen LogP contribution in [-0.2, 0) is 16.0 Å². The number of nitrogens with one attached hydrogen (secondary N) is 1. The Kier molecular flexibility index (Phi) is 5.48. The summed E-state index contributed by atoms with van der Waals surface area (Å²) in [5.41, 5.74) is 1.10. The molecule has 0 aliphatic carbocycles. The van der Waals surface area contributed by atoms with Crippen molar-refractivity contribution in [2.75, 3.05) is 24.8 Å². The van der Waals surface area contributed by atoms with Gasteiger partial charge < -0.3 is 19.5 Å². The molecule has 3 aliphatic heterocycles. The molecule has 188 valence electrons. The van der Waals surface area contributed by atoms with Crippen molar-refractivity contribution in [3.8, 4) is 17.2 Å². The van der Waals surface area contributed by atoms with E-state index in [2.05, 4.69) is 5.32 Å². The van der Waals surface area contributed by atoms with Gasteiger partial charge in [-0.05, 0) is 42.3 Å². The van der Waals surface area contributed by atoms with Gasteiger partial charge in [0.15, 0.2) is 11.5 Å². The first kappa shape index (κ1) is 22.9. The van der Waals surface area contributed by atoms with E-state index in [1.54, 1.807) is 36.1 Å². The average Bonchev–Trinajstić information content (AvgIpc) is 3.46. The Balaban J connectivity index is 1.25. The third kappa shape index (κ3) is 4.02. The number of fused-ring (bicyclic) bond motifs is 2. The van der Waals surface area contributed by atoms with Gasteiger partial charge in [-0.2, -0.15) is 0 Å². The van der Waals surface area contributed by atoms with Crippen molar-refractivity contribution in [1.29, 1.82) is 0 Å². The smallest absolute Gasteiger partial charge is 0.325 e. The Morgan fingerprint density at radius 1 is 0.946 bits per heavy atom. The van der Waals surface area contributed by atoms with Crippen LogP contribution in [0.3, 0.4) is 0 Å². The van der Waals surface area contributed by atoms with Crippen LogP contribution >= 0.6 is 0 Å². The summed E-state index contributed by atoms with van der Waals surface area (Å²) in [4.78, 5) is 42.8. The molecule has 1 N–H and O–H groups in total. The van der Waals surface area contributed by atoms with Gasteiger partial charge in [0.25, 0.3) is 5.91 Å². The second-order valence-electron chi connectivity index (χ2n) is 9.49. The number of anilines is 1. The van der Waals surface area contributed by atoms with Crippen LogP contribution in [0.4, 0.5) is 10.5 Å². The van der Waals surface area contributed by atoms with E-state index >= 15 is 0 Å². The van der Waals surface area contributed by atoms with Crippen molar-refractivity contribution in [1.82, 2.24) is 10.2 Å². The fraction of sp³-hybridized carbons (Fsp3) is 0.250. The number of carbonyl (C=O) groups is 3. The Labute approximate surface area is 213 Å². The molecule has 1 saturated heterocycles. The molecule has 0 unspecified atom stereocenters. The molecular formula is C28H25N3O6. The van der Waals surface area contributed by atoms with Crippen LogP contribution < -0.4 is 24.4 Å². The lowest BCUT2D eigenvalue weighted by molar-refractivity contribution is -0.134. The van der Waals surface area contributed by atoms with Gasteiger partial charge in [0.2, 0.25) is 12.7 Å². The second kappa shape index (κ2) is 8.85. The molecule has 0 radical (unpaired) electrons. The second-order valence-corrected chi connectivity index (χ2v) is 9.49. The number of amides is 4. The Hall–Kier alpha value is -4.53. The molecule has 3 heterocycles. The third-order valence-corrected chi connectivity index (χ3v) is 6.92. The van der Waals surface area contributed by atoms with Crippen LogP contribution in [-0.4, -0.2) is 48.2 Å². The number of hydrogen-bond donors (Lipinski definition) is 1. The minimum atomic E-state index is -1.20. The number of rotatable bonds is 5. The minimum absolute atomic E-state index is 0.149. The zero-order valence-corrected chi connectivity index (χ0v) is 20.2. The number of nitrogens with zero attached hydrogens (tertiary/aromatic N) is 2. The van der Waals surface area contributed by atoms with Crippen LogP contribution in [0.25, 0.3) is 0 Å². The van der Waals surface area contributed by atoms with Crippen molar-refractivity contribution in [3.63, 3.8) is 0 Å². The first-order valence-electron chi connectivity index (χ1n) is 12.0. The van der Waals surface area contributed by atoms with Gasteiger partial charge in [0, 0.05) is 6.42 Å². The highest BCUT2D eigenvalue weighted by Crippen LogP contribution is 2.40. The zero-order valence-electron chi connectivity index (χ0n) is 20.2. The summed E-state index contributed by atoms with van der Waals surface area (Å²) < 4.78 is 16.7. The molecule has 3 aromatic rings. The molecule has 0 bridgehead atoms. The number of imide groups is 1. The van der Waals surface area contributed by atoms with Gasteiger partial charge in [-0.25, -0.2) is 4.79 Å². The molecule has 37 heavy (non-hydrogen) atoms. The van der Waals surface area contributed by atoms with E-state index in [0.29, 0.717) is 22.9 Å². The number of hydrogen-bond acceptors (Lipinski definition) is 6. The number of ether oxygens (including phenoxy) is 3. The van der Waals surface area contributed by atoms with E-state index in [1.165, 1.54) is 0 Å². The van der Waals surface area contributed by atoms with Gasteiger partial charge in [0.05, 0.1) is 11.7 Å². The summed E-state index contributed by atoms with van der Waals surface area (Å²) in [5.74, 6) is 0.985. The molecular weight excluding hydrogens is 474 g/mol. The average molecular weight is 500 g/mol. The topological polar surface area (TPSA) is 97.4 Å². The lowest BCUT2D eigenvalue weighted by Crippen LogP contribution is -2.49. The molecule has 9 heteroatoms. The predicted octanol–water partition coefficient (Wildman–Crippen LogP) is 3.44. The van der Waals surface area contributed by atoms with E-state index in [4.69, 9.17) is 14.2 Å². The number of carbonyl (C=O) groups excluding carboxylic acids is 3. The van der Waals surface area contributed by atoms with Crippen LogP contribution in [0.2, 0.25) is 0 Å². The fourth-order valence-corrected chi connectivity index (χ4v) is 5.10. The Morgan fingerprint density at radius 3 is 2.54 bits per heavy atom. The molecule has 0 saturated carbocycles. The van der Waals surface area contributed by atoms with Gasteiger partial charge in [-0.3, -0.25) is 19.4 Å². The number of benzene rings is 3. The summed E-state index contributed by atoms with van der Waals surface area (Å²) in [6, 6.07) is 21.2. The molecule has 9 nitrogen and oxygen atoms in total. The predicted molar refractivity (Wildman–Crippen MR) is 134 cm³/mol. The highest BCUT2D eigenvalue weighted by Gasteiger charge is 2.49. The molecule has 0 aromatic heterocycles. The number of para-hydroxylation sites is 2. The van der Waals surface area contributed by atoms with Crippen LogP contribution in [0, 0.1) is 0 Å². The molecule has 3 aromatic carbocycles. The molecule has 2 atom stereocenters. The van der Waals surface area contributed by atoms with Gasteiger partial charge in [-0.15, -0.1) is 0 Å². The zero-order chi connectivity index (χ0) is 25.6. The van der Waals surface area contributed by atoms with Crippen LogP contribution in [0.5, 0.6) is 17.2 Å². The Morgan fingerprint density at radius 2 is 1.70 bits per heavy atom. The molecule has 3 aliphatic rings. The van der Waals surface area contributed by atoms with E-state index in [1.807, 2.05) is 48.5 Å².